The number of benzene rings is 2. The molecule has 0 fully saturated rings. The number of rotatable bonds is 5. The van der Waals surface area contributed by atoms with E-state index in [9.17, 15) is 0 Å². The summed E-state index contributed by atoms with van der Waals surface area (Å²) in [7, 11) is 4.97. The van der Waals surface area contributed by atoms with Crippen molar-refractivity contribution in [3.63, 3.8) is 0 Å². The molecule has 0 radical (unpaired) electrons. The molecule has 154 valence electrons. The van der Waals surface area contributed by atoms with E-state index in [0.717, 1.165) is 40.5 Å². The Morgan fingerprint density at radius 2 is 1.83 bits per heavy atom. The number of methoxy groups -OCH3 is 3. The summed E-state index contributed by atoms with van der Waals surface area (Å²) in [6.07, 6.45) is 0.327. The summed E-state index contributed by atoms with van der Waals surface area (Å²) in [6.45, 7) is 0. The van der Waals surface area contributed by atoms with E-state index in [-0.39, 0.29) is 6.04 Å². The van der Waals surface area contributed by atoms with Crippen molar-refractivity contribution in [1.82, 2.24) is 5.01 Å². The highest BCUT2D eigenvalue weighted by Gasteiger charge is 2.43. The van der Waals surface area contributed by atoms with Gasteiger partial charge in [0.2, 0.25) is 6.23 Å². The Kier molecular flexibility index (Phi) is 4.75. The van der Waals surface area contributed by atoms with Crippen LogP contribution in [0.2, 0.25) is 0 Å². The van der Waals surface area contributed by atoms with Crippen molar-refractivity contribution in [2.24, 2.45) is 5.10 Å². The molecule has 2 atom stereocenters. The normalized spacial score (nSPS) is 19.4. The van der Waals surface area contributed by atoms with Crippen LogP contribution in [0, 0.1) is 0 Å². The topological polar surface area (TPSA) is 52.5 Å². The molecule has 2 aliphatic heterocycles. The zero-order valence-corrected chi connectivity index (χ0v) is 17.8. The van der Waals surface area contributed by atoms with Gasteiger partial charge < -0.3 is 18.9 Å². The van der Waals surface area contributed by atoms with Gasteiger partial charge in [-0.25, -0.2) is 5.01 Å². The van der Waals surface area contributed by atoms with E-state index in [4.69, 9.17) is 24.0 Å². The van der Waals surface area contributed by atoms with Crippen LogP contribution in [0.4, 0.5) is 0 Å². The molecule has 2 aromatic carbocycles. The molecule has 0 aliphatic carbocycles. The molecular weight excluding hydrogens is 400 g/mol. The number of hydrogen-bond donors (Lipinski definition) is 0. The van der Waals surface area contributed by atoms with E-state index >= 15 is 0 Å². The van der Waals surface area contributed by atoms with E-state index in [1.165, 1.54) is 4.88 Å². The van der Waals surface area contributed by atoms with Crippen molar-refractivity contribution in [2.45, 2.75) is 18.7 Å². The number of nitrogens with zero attached hydrogens (tertiary/aromatic N) is 2. The SMILES string of the molecule is COc1ccc(OC)c([C@@H]2Oc3c(OC)cccc3[C@H]3CC(c4cccs4)=NN32)c1. The Bertz CT molecular complexity index is 1100. The molecule has 0 amide bonds. The minimum Gasteiger partial charge on any atom is -0.497 e. The first-order valence-electron chi connectivity index (χ1n) is 9.68. The lowest BCUT2D eigenvalue weighted by molar-refractivity contribution is -0.0223. The fourth-order valence-electron chi connectivity index (χ4n) is 4.07. The first-order valence-corrected chi connectivity index (χ1v) is 10.6. The summed E-state index contributed by atoms with van der Waals surface area (Å²) >= 11 is 1.70. The summed E-state index contributed by atoms with van der Waals surface area (Å²) in [5.41, 5.74) is 2.98. The minimum atomic E-state index is -0.471. The fourth-order valence-corrected chi connectivity index (χ4v) is 4.79. The van der Waals surface area contributed by atoms with Gasteiger partial charge in [-0.1, -0.05) is 18.2 Å². The number of para-hydroxylation sites is 1. The van der Waals surface area contributed by atoms with Crippen LogP contribution in [0.15, 0.2) is 59.0 Å². The molecule has 1 aromatic heterocycles. The summed E-state index contributed by atoms with van der Waals surface area (Å²) < 4.78 is 23.2. The molecule has 3 heterocycles. The molecular formula is C23H22N2O4S. The van der Waals surface area contributed by atoms with Crippen LogP contribution in [0.3, 0.4) is 0 Å². The molecule has 0 saturated heterocycles. The maximum absolute atomic E-state index is 6.52. The largest absolute Gasteiger partial charge is 0.497 e. The van der Waals surface area contributed by atoms with Crippen LogP contribution >= 0.6 is 11.3 Å². The Morgan fingerprint density at radius 3 is 2.57 bits per heavy atom. The van der Waals surface area contributed by atoms with Gasteiger partial charge in [-0.15, -0.1) is 11.3 Å². The molecule has 0 bridgehead atoms. The van der Waals surface area contributed by atoms with Gasteiger partial charge in [0.05, 0.1) is 43.5 Å². The predicted octanol–water partition coefficient (Wildman–Crippen LogP) is 5.02. The maximum atomic E-state index is 6.52. The van der Waals surface area contributed by atoms with Crippen LogP contribution in [-0.4, -0.2) is 32.0 Å². The third kappa shape index (κ3) is 2.97. The number of ether oxygens (including phenoxy) is 4. The van der Waals surface area contributed by atoms with E-state index < -0.39 is 6.23 Å². The summed E-state index contributed by atoms with van der Waals surface area (Å²) in [5.74, 6) is 2.92. The zero-order valence-electron chi connectivity index (χ0n) is 17.0. The molecule has 6 nitrogen and oxygen atoms in total. The molecule has 0 saturated carbocycles. The van der Waals surface area contributed by atoms with Crippen molar-refractivity contribution >= 4 is 17.0 Å². The van der Waals surface area contributed by atoms with Crippen LogP contribution in [0.1, 0.15) is 34.7 Å². The lowest BCUT2D eigenvalue weighted by Gasteiger charge is -2.39. The molecule has 30 heavy (non-hydrogen) atoms. The fraction of sp³-hybridized carbons (Fsp3) is 0.261. The average Bonchev–Trinajstić information content (AvgIpc) is 3.47. The lowest BCUT2D eigenvalue weighted by atomic mass is 9.97. The van der Waals surface area contributed by atoms with Gasteiger partial charge in [0.15, 0.2) is 11.5 Å². The number of hydrogen-bond acceptors (Lipinski definition) is 7. The molecule has 2 aliphatic rings. The first kappa shape index (κ1) is 18.8. The average molecular weight is 423 g/mol. The second kappa shape index (κ2) is 7.57. The van der Waals surface area contributed by atoms with Crippen LogP contribution in [0.25, 0.3) is 0 Å². The maximum Gasteiger partial charge on any atom is 0.217 e. The number of thiophene rings is 1. The van der Waals surface area contributed by atoms with Crippen LogP contribution in [0.5, 0.6) is 23.0 Å². The van der Waals surface area contributed by atoms with Crippen molar-refractivity contribution in [3.8, 4) is 23.0 Å². The van der Waals surface area contributed by atoms with E-state index in [1.807, 2.05) is 35.3 Å². The smallest absolute Gasteiger partial charge is 0.217 e. The summed E-state index contributed by atoms with van der Waals surface area (Å²) in [5, 5.41) is 9.10. The standard InChI is InChI=1S/C23H22N2O4S/c1-26-14-9-10-19(27-2)16(12-14)23-25-18(13-17(24-25)21-8-5-11-30-21)15-6-4-7-20(28-3)22(15)29-23/h4-12,18,23H,13H2,1-3H3/t18-,23+/m1/s1. The van der Waals surface area contributed by atoms with Gasteiger partial charge >= 0.3 is 0 Å². The summed E-state index contributed by atoms with van der Waals surface area (Å²) in [4.78, 5) is 1.17. The highest BCUT2D eigenvalue weighted by atomic mass is 32.1. The Morgan fingerprint density at radius 1 is 0.967 bits per heavy atom. The van der Waals surface area contributed by atoms with Gasteiger partial charge in [0, 0.05) is 12.0 Å². The minimum absolute atomic E-state index is 0.0434. The number of hydrazone groups is 1. The van der Waals surface area contributed by atoms with Crippen molar-refractivity contribution < 1.29 is 18.9 Å². The van der Waals surface area contributed by atoms with E-state index in [2.05, 4.69) is 23.6 Å². The van der Waals surface area contributed by atoms with Crippen LogP contribution in [-0.2, 0) is 0 Å². The van der Waals surface area contributed by atoms with Gasteiger partial charge in [-0.3, -0.25) is 0 Å². The monoisotopic (exact) mass is 422 g/mol. The lowest BCUT2D eigenvalue weighted by Crippen LogP contribution is -2.34. The molecule has 3 aromatic rings. The second-order valence-corrected chi connectivity index (χ2v) is 8.03. The van der Waals surface area contributed by atoms with Gasteiger partial charge in [0.1, 0.15) is 11.5 Å². The second-order valence-electron chi connectivity index (χ2n) is 7.08. The Hall–Kier alpha value is -3.19. The molecule has 7 heteroatoms. The Balaban J connectivity index is 1.67. The zero-order chi connectivity index (χ0) is 20.7. The predicted molar refractivity (Wildman–Crippen MR) is 116 cm³/mol. The van der Waals surface area contributed by atoms with Crippen molar-refractivity contribution in [3.05, 3.63) is 69.9 Å². The van der Waals surface area contributed by atoms with Crippen LogP contribution < -0.4 is 18.9 Å². The van der Waals surface area contributed by atoms with Gasteiger partial charge in [-0.05, 0) is 35.7 Å². The van der Waals surface area contributed by atoms with Gasteiger partial charge in [0.25, 0.3) is 0 Å². The summed E-state index contributed by atoms with van der Waals surface area (Å²) in [6, 6.07) is 15.9. The number of fused-ring (bicyclic) bond motifs is 3. The third-order valence-electron chi connectivity index (χ3n) is 5.51. The molecule has 0 spiro atoms. The highest BCUT2D eigenvalue weighted by Crippen LogP contribution is 2.52. The molecule has 0 N–H and O–H groups in total. The van der Waals surface area contributed by atoms with Crippen molar-refractivity contribution in [1.29, 1.82) is 0 Å². The van der Waals surface area contributed by atoms with E-state index in [0.29, 0.717) is 5.75 Å². The van der Waals surface area contributed by atoms with E-state index in [1.54, 1.807) is 32.7 Å². The highest BCUT2D eigenvalue weighted by molar-refractivity contribution is 7.12. The Labute approximate surface area is 179 Å². The first-order chi connectivity index (χ1) is 14.7. The molecule has 5 rings (SSSR count). The molecule has 0 unspecified atom stereocenters. The quantitative estimate of drug-likeness (QED) is 0.578. The van der Waals surface area contributed by atoms with Gasteiger partial charge in [-0.2, -0.15) is 5.10 Å². The third-order valence-corrected chi connectivity index (χ3v) is 6.43. The van der Waals surface area contributed by atoms with Crippen molar-refractivity contribution in [2.75, 3.05) is 21.3 Å².